The van der Waals surface area contributed by atoms with Gasteiger partial charge in [-0.3, -0.25) is 14.4 Å². The SMILES string of the molecule is CCCCC/C=C\C/C=C\C/C=C\CCCCCCCCC(=O)OC1C(OCC(COC(=O)CCCCCCCCC/C=C\C/C=C\CCCCC)OC(=O)CCCCCCC/C=C\C/C=C\CCCCC)OC(C(=O)O)C(O)C1O. The number of carboxylic acid groups (broad SMARTS) is 1. The average Bonchev–Trinajstić information content (AvgIpc) is 3.54. The van der Waals surface area contributed by atoms with Gasteiger partial charge in [0.1, 0.15) is 18.8 Å². The summed E-state index contributed by atoms with van der Waals surface area (Å²) in [5.74, 6) is -3.16. The van der Waals surface area contributed by atoms with Crippen molar-refractivity contribution in [3.05, 3.63) is 85.1 Å². The molecule has 1 aliphatic heterocycles. The molecule has 0 aromatic heterocycles. The predicted molar refractivity (Wildman–Crippen MR) is 331 cm³/mol. The van der Waals surface area contributed by atoms with Gasteiger partial charge in [0.15, 0.2) is 24.6 Å². The van der Waals surface area contributed by atoms with Crippen molar-refractivity contribution in [3.63, 3.8) is 0 Å². The average molecular weight is 1140 g/mol. The molecule has 0 aliphatic carbocycles. The lowest BCUT2D eigenvalue weighted by Crippen LogP contribution is -2.61. The van der Waals surface area contributed by atoms with Crippen molar-refractivity contribution in [2.45, 2.75) is 314 Å². The molecule has 0 aromatic carbocycles. The van der Waals surface area contributed by atoms with Crippen LogP contribution in [-0.2, 0) is 42.9 Å². The maximum atomic E-state index is 13.2. The van der Waals surface area contributed by atoms with Gasteiger partial charge >= 0.3 is 23.9 Å². The van der Waals surface area contributed by atoms with Crippen molar-refractivity contribution in [1.29, 1.82) is 0 Å². The molecule has 12 heteroatoms. The first kappa shape index (κ1) is 74.9. The summed E-state index contributed by atoms with van der Waals surface area (Å²) in [5.41, 5.74) is 0. The van der Waals surface area contributed by atoms with Crippen LogP contribution in [0.15, 0.2) is 85.1 Å². The van der Waals surface area contributed by atoms with E-state index in [0.29, 0.717) is 19.3 Å². The highest BCUT2D eigenvalue weighted by Crippen LogP contribution is 2.26. The summed E-state index contributed by atoms with van der Waals surface area (Å²) in [5, 5.41) is 31.6. The van der Waals surface area contributed by atoms with Gasteiger partial charge in [-0.15, -0.1) is 0 Å². The van der Waals surface area contributed by atoms with Crippen molar-refractivity contribution in [3.8, 4) is 0 Å². The van der Waals surface area contributed by atoms with E-state index in [1.54, 1.807) is 0 Å². The Morgan fingerprint density at radius 3 is 1.12 bits per heavy atom. The zero-order valence-corrected chi connectivity index (χ0v) is 51.3. The van der Waals surface area contributed by atoms with Gasteiger partial charge in [0.25, 0.3) is 0 Å². The Bertz CT molecular complexity index is 1730. The van der Waals surface area contributed by atoms with E-state index in [0.717, 1.165) is 135 Å². The molecule has 1 rings (SSSR count). The van der Waals surface area contributed by atoms with E-state index in [9.17, 15) is 34.5 Å². The lowest BCUT2D eigenvalue weighted by Gasteiger charge is -2.40. The van der Waals surface area contributed by atoms with Crippen LogP contribution in [0, 0.1) is 0 Å². The Morgan fingerprint density at radius 1 is 0.407 bits per heavy atom. The minimum Gasteiger partial charge on any atom is -0.479 e. The topological polar surface area (TPSA) is 175 Å². The first-order valence-corrected chi connectivity index (χ1v) is 32.6. The van der Waals surface area contributed by atoms with Gasteiger partial charge < -0.3 is 39.0 Å². The van der Waals surface area contributed by atoms with E-state index in [1.165, 1.54) is 83.5 Å². The molecule has 0 aromatic rings. The number of aliphatic hydroxyl groups excluding tert-OH is 2. The number of aliphatic hydroxyl groups is 2. The predicted octanol–water partition coefficient (Wildman–Crippen LogP) is 17.5. The standard InChI is InChI=1S/C69H116O12/c1-4-7-10-13-16-19-22-25-28-30-31-33-36-39-42-45-48-51-54-57-63(72)80-67-65(74)64(73)66(68(75)76)81-69(67)78-59-60(79-62(71)56-53-50-47-44-41-38-34-27-24-21-18-15-12-9-6-3)58-77-61(70)55-52-49-46-43-40-37-35-32-29-26-23-20-17-14-11-8-5-2/h16-21,25-29,31,33-34,60,64-67,69,73-74H,4-15,22-24,30,32,35-59H2,1-3H3,(H,75,76)/b19-16-,20-17-,21-18-,28-25-,29-26-,33-31-,34-27-. The van der Waals surface area contributed by atoms with Gasteiger partial charge in [-0.2, -0.15) is 0 Å². The molecule has 0 radical (unpaired) electrons. The van der Waals surface area contributed by atoms with Gasteiger partial charge in [0.05, 0.1) is 6.61 Å². The van der Waals surface area contributed by atoms with E-state index in [-0.39, 0.29) is 25.9 Å². The molecule has 3 N–H and O–H groups in total. The highest BCUT2D eigenvalue weighted by atomic mass is 16.7. The van der Waals surface area contributed by atoms with E-state index in [1.807, 2.05) is 0 Å². The summed E-state index contributed by atoms with van der Waals surface area (Å²) in [7, 11) is 0. The number of aliphatic carboxylic acids is 1. The van der Waals surface area contributed by atoms with Crippen LogP contribution in [0.4, 0.5) is 0 Å². The van der Waals surface area contributed by atoms with Crippen molar-refractivity contribution in [2.75, 3.05) is 13.2 Å². The molecule has 0 saturated carbocycles. The van der Waals surface area contributed by atoms with Crippen LogP contribution in [0.25, 0.3) is 0 Å². The number of unbranched alkanes of at least 4 members (excludes halogenated alkanes) is 27. The molecule has 464 valence electrons. The molecular weight excluding hydrogens is 1020 g/mol. The number of hydrogen-bond donors (Lipinski definition) is 3. The van der Waals surface area contributed by atoms with Gasteiger partial charge in [0, 0.05) is 19.3 Å². The Kier molecular flexibility index (Phi) is 52.1. The third-order valence-electron chi connectivity index (χ3n) is 14.4. The fourth-order valence-corrected chi connectivity index (χ4v) is 9.38. The quantitative estimate of drug-likeness (QED) is 0.0228. The van der Waals surface area contributed by atoms with Crippen LogP contribution < -0.4 is 0 Å². The van der Waals surface area contributed by atoms with E-state index < -0.39 is 67.3 Å². The Hall–Kier alpha value is -4.10. The number of carbonyl (C=O) groups excluding carboxylic acids is 3. The third-order valence-corrected chi connectivity index (χ3v) is 14.4. The summed E-state index contributed by atoms with van der Waals surface area (Å²) < 4.78 is 28.5. The fourth-order valence-electron chi connectivity index (χ4n) is 9.38. The minimum atomic E-state index is -1.91. The maximum Gasteiger partial charge on any atom is 0.335 e. The van der Waals surface area contributed by atoms with Crippen molar-refractivity contribution >= 4 is 23.9 Å². The molecule has 81 heavy (non-hydrogen) atoms. The normalized spacial score (nSPS) is 18.3. The number of allylic oxidation sites excluding steroid dienone is 14. The second-order valence-corrected chi connectivity index (χ2v) is 22.0. The summed E-state index contributed by atoms with van der Waals surface area (Å²) in [6, 6.07) is 0. The molecule has 1 fully saturated rings. The number of carboxylic acids is 1. The second kappa shape index (κ2) is 56.4. The molecular formula is C69H116O12. The molecule has 1 saturated heterocycles. The molecule has 1 aliphatic rings. The smallest absolute Gasteiger partial charge is 0.335 e. The van der Waals surface area contributed by atoms with E-state index in [4.69, 9.17) is 23.7 Å². The summed E-state index contributed by atoms with van der Waals surface area (Å²) in [6.45, 7) is 5.91. The van der Waals surface area contributed by atoms with Crippen LogP contribution in [0.2, 0.25) is 0 Å². The van der Waals surface area contributed by atoms with Gasteiger partial charge in [-0.1, -0.05) is 221 Å². The van der Waals surface area contributed by atoms with Gasteiger partial charge in [-0.25, -0.2) is 4.79 Å². The minimum absolute atomic E-state index is 0.0409. The van der Waals surface area contributed by atoms with Crippen LogP contribution in [0.3, 0.4) is 0 Å². The Morgan fingerprint density at radius 2 is 0.741 bits per heavy atom. The van der Waals surface area contributed by atoms with Crippen LogP contribution in [0.1, 0.15) is 278 Å². The van der Waals surface area contributed by atoms with Crippen molar-refractivity contribution < 1.29 is 58.2 Å². The van der Waals surface area contributed by atoms with E-state index >= 15 is 0 Å². The largest absolute Gasteiger partial charge is 0.479 e. The zero-order valence-electron chi connectivity index (χ0n) is 51.3. The van der Waals surface area contributed by atoms with E-state index in [2.05, 4.69) is 106 Å². The Labute approximate surface area is 492 Å². The second-order valence-electron chi connectivity index (χ2n) is 22.0. The monoisotopic (exact) mass is 1140 g/mol. The van der Waals surface area contributed by atoms with Crippen LogP contribution >= 0.6 is 0 Å². The third kappa shape index (κ3) is 46.0. The fraction of sp³-hybridized carbons (Fsp3) is 0.739. The highest BCUT2D eigenvalue weighted by Gasteiger charge is 2.50. The zero-order chi connectivity index (χ0) is 58.9. The summed E-state index contributed by atoms with van der Waals surface area (Å²) in [4.78, 5) is 51.3. The van der Waals surface area contributed by atoms with Crippen LogP contribution in [0.5, 0.6) is 0 Å². The molecule has 1 heterocycles. The van der Waals surface area contributed by atoms with Gasteiger partial charge in [0.2, 0.25) is 0 Å². The van der Waals surface area contributed by atoms with Crippen molar-refractivity contribution in [2.24, 2.45) is 0 Å². The molecule has 0 spiro atoms. The number of ether oxygens (including phenoxy) is 5. The number of rotatable bonds is 55. The molecule has 6 unspecified atom stereocenters. The Balaban J connectivity index is 2.68. The number of esters is 3. The first-order chi connectivity index (χ1) is 39.6. The summed E-state index contributed by atoms with van der Waals surface area (Å²) >= 11 is 0. The van der Waals surface area contributed by atoms with Gasteiger partial charge in [-0.05, 0) is 122 Å². The molecule has 0 bridgehead atoms. The lowest BCUT2D eigenvalue weighted by molar-refractivity contribution is -0.301. The first-order valence-electron chi connectivity index (χ1n) is 32.6. The molecule has 6 atom stereocenters. The maximum absolute atomic E-state index is 13.2. The molecule has 12 nitrogen and oxygen atoms in total. The molecule has 0 amide bonds. The summed E-state index contributed by atoms with van der Waals surface area (Å²) in [6.07, 6.45) is 61.0. The number of hydrogen-bond acceptors (Lipinski definition) is 11. The van der Waals surface area contributed by atoms with Crippen molar-refractivity contribution in [1.82, 2.24) is 0 Å². The number of carbonyl (C=O) groups is 4. The van der Waals surface area contributed by atoms with Crippen LogP contribution in [-0.4, -0.2) is 89.2 Å². The highest BCUT2D eigenvalue weighted by molar-refractivity contribution is 5.74. The lowest BCUT2D eigenvalue weighted by atomic mass is 9.98.